The monoisotopic (exact) mass is 282 g/mol. The van der Waals surface area contributed by atoms with Crippen LogP contribution in [-0.2, 0) is 22.6 Å². The second kappa shape index (κ2) is 6.70. The third kappa shape index (κ3) is 3.48. The summed E-state index contributed by atoms with van der Waals surface area (Å²) in [5.41, 5.74) is 2.35. The molecule has 1 heterocycles. The van der Waals surface area contributed by atoms with Gasteiger partial charge in [-0.05, 0) is 19.1 Å². The van der Waals surface area contributed by atoms with Gasteiger partial charge in [0.2, 0.25) is 0 Å². The van der Waals surface area contributed by atoms with Crippen LogP contribution in [0.15, 0.2) is 61.3 Å². The maximum atomic E-state index is 11.5. The van der Waals surface area contributed by atoms with E-state index >= 15 is 0 Å². The summed E-state index contributed by atoms with van der Waals surface area (Å²) in [5, 5.41) is 0. The van der Waals surface area contributed by atoms with Crippen molar-refractivity contribution in [1.82, 2.24) is 9.55 Å². The summed E-state index contributed by atoms with van der Waals surface area (Å²) in [5.74, 6) is 0.260. The first kappa shape index (κ1) is 14.8. The van der Waals surface area contributed by atoms with Crippen LogP contribution in [0.1, 0.15) is 18.4 Å². The number of benzene rings is 1. The first-order valence-electron chi connectivity index (χ1n) is 6.68. The first-order valence-corrected chi connectivity index (χ1v) is 6.68. The lowest BCUT2D eigenvalue weighted by atomic mass is 10.2. The summed E-state index contributed by atoms with van der Waals surface area (Å²) in [7, 11) is 0. The summed E-state index contributed by atoms with van der Waals surface area (Å²) in [6.07, 6.45) is 4.29. The number of imidazole rings is 1. The molecule has 108 valence electrons. The van der Waals surface area contributed by atoms with Crippen molar-refractivity contribution in [1.29, 1.82) is 0 Å². The van der Waals surface area contributed by atoms with Gasteiger partial charge >= 0.3 is 5.97 Å². The Morgan fingerprint density at radius 3 is 2.71 bits per heavy atom. The van der Waals surface area contributed by atoms with Crippen molar-refractivity contribution >= 4 is 5.97 Å². The molecule has 0 unspecified atom stereocenters. The number of nitrogens with zero attached hydrogens (tertiary/aromatic N) is 2. The maximum Gasteiger partial charge on any atom is 0.333 e. The van der Waals surface area contributed by atoms with Crippen molar-refractivity contribution in [3.05, 3.63) is 72.9 Å². The van der Waals surface area contributed by atoms with Gasteiger partial charge in [0, 0.05) is 29.6 Å². The molecular formula is C17H18N2O2. The van der Waals surface area contributed by atoms with Crippen molar-refractivity contribution in [2.75, 3.05) is 0 Å². The van der Waals surface area contributed by atoms with Crippen LogP contribution in [0.5, 0.6) is 0 Å². The number of allylic oxidation sites excluding steroid dienone is 1. The Morgan fingerprint density at radius 1 is 1.38 bits per heavy atom. The average Bonchev–Trinajstić information content (AvgIpc) is 2.88. The van der Waals surface area contributed by atoms with Crippen LogP contribution in [0.3, 0.4) is 0 Å². The fourth-order valence-corrected chi connectivity index (χ4v) is 1.97. The Bertz CT molecular complexity index is 657. The molecule has 0 amide bonds. The topological polar surface area (TPSA) is 44.1 Å². The average molecular weight is 282 g/mol. The molecule has 0 bridgehead atoms. The molecule has 1 aromatic heterocycles. The van der Waals surface area contributed by atoms with E-state index in [0.717, 1.165) is 11.4 Å². The second-order valence-electron chi connectivity index (χ2n) is 4.69. The lowest BCUT2D eigenvalue weighted by Gasteiger charge is -2.11. The Morgan fingerprint density at radius 2 is 2.10 bits per heavy atom. The van der Waals surface area contributed by atoms with Crippen molar-refractivity contribution < 1.29 is 9.53 Å². The van der Waals surface area contributed by atoms with Gasteiger partial charge in [-0.2, -0.15) is 0 Å². The molecule has 0 spiro atoms. The number of carbonyl (C=O) groups excluding carboxylic acids is 1. The lowest BCUT2D eigenvalue weighted by molar-refractivity contribution is -0.140. The minimum absolute atomic E-state index is 0.109. The van der Waals surface area contributed by atoms with E-state index in [1.165, 1.54) is 0 Å². The van der Waals surface area contributed by atoms with Gasteiger partial charge in [0.1, 0.15) is 6.61 Å². The molecule has 0 fully saturated rings. The van der Waals surface area contributed by atoms with Gasteiger partial charge in [-0.25, -0.2) is 9.78 Å². The smallest absolute Gasteiger partial charge is 0.333 e. The molecule has 0 saturated carbocycles. The van der Waals surface area contributed by atoms with E-state index in [1.807, 2.05) is 41.0 Å². The molecular weight excluding hydrogens is 264 g/mol. The summed E-state index contributed by atoms with van der Waals surface area (Å²) in [6.45, 7) is 9.06. The van der Waals surface area contributed by atoms with E-state index in [-0.39, 0.29) is 6.61 Å². The number of carbonyl (C=O) groups is 1. The molecule has 2 aromatic rings. The van der Waals surface area contributed by atoms with Crippen molar-refractivity contribution in [2.24, 2.45) is 0 Å². The van der Waals surface area contributed by atoms with Gasteiger partial charge in [-0.15, -0.1) is 6.58 Å². The predicted molar refractivity (Wildman–Crippen MR) is 82.1 cm³/mol. The highest BCUT2D eigenvalue weighted by molar-refractivity contribution is 5.86. The molecule has 2 rings (SSSR count). The summed E-state index contributed by atoms with van der Waals surface area (Å²) >= 11 is 0. The maximum absolute atomic E-state index is 11.5. The van der Waals surface area contributed by atoms with Crippen LogP contribution >= 0.6 is 0 Å². The fraction of sp³-hybridized carbons (Fsp3) is 0.176. The number of para-hydroxylation sites is 1. The molecule has 0 atom stereocenters. The lowest BCUT2D eigenvalue weighted by Crippen LogP contribution is -2.10. The summed E-state index contributed by atoms with van der Waals surface area (Å²) in [4.78, 5) is 15.9. The van der Waals surface area contributed by atoms with Crippen molar-refractivity contribution in [3.63, 3.8) is 0 Å². The molecule has 1 aromatic carbocycles. The summed E-state index contributed by atoms with van der Waals surface area (Å²) in [6, 6.07) is 9.83. The largest absolute Gasteiger partial charge is 0.454 e. The minimum atomic E-state index is -0.414. The van der Waals surface area contributed by atoms with E-state index in [9.17, 15) is 4.79 Å². The van der Waals surface area contributed by atoms with Crippen molar-refractivity contribution in [2.45, 2.75) is 20.0 Å². The first-order chi connectivity index (χ1) is 10.1. The Balaban J connectivity index is 2.31. The molecule has 0 aliphatic rings. The zero-order valence-electron chi connectivity index (χ0n) is 12.1. The van der Waals surface area contributed by atoms with Crippen LogP contribution in [-0.4, -0.2) is 15.5 Å². The quantitative estimate of drug-likeness (QED) is 0.464. The van der Waals surface area contributed by atoms with E-state index in [1.54, 1.807) is 13.1 Å². The zero-order chi connectivity index (χ0) is 15.2. The van der Waals surface area contributed by atoms with E-state index in [0.29, 0.717) is 17.8 Å². The normalized spacial score (nSPS) is 10.1. The van der Waals surface area contributed by atoms with Gasteiger partial charge in [0.05, 0.1) is 0 Å². The number of aromatic nitrogens is 2. The summed E-state index contributed by atoms with van der Waals surface area (Å²) < 4.78 is 7.18. The van der Waals surface area contributed by atoms with E-state index in [2.05, 4.69) is 18.1 Å². The zero-order valence-corrected chi connectivity index (χ0v) is 12.1. The predicted octanol–water partition coefficient (Wildman–Crippen LogP) is 3.22. The highest BCUT2D eigenvalue weighted by Crippen LogP contribution is 2.16. The molecule has 0 saturated heterocycles. The fourth-order valence-electron chi connectivity index (χ4n) is 1.97. The third-order valence-corrected chi connectivity index (χ3v) is 2.96. The van der Waals surface area contributed by atoms with E-state index < -0.39 is 5.97 Å². The Hall–Kier alpha value is -2.62. The molecule has 0 aliphatic heterocycles. The highest BCUT2D eigenvalue weighted by atomic mass is 16.5. The van der Waals surface area contributed by atoms with Gasteiger partial charge in [0.25, 0.3) is 0 Å². The number of hydrogen-bond donors (Lipinski definition) is 0. The van der Waals surface area contributed by atoms with Crippen molar-refractivity contribution in [3.8, 4) is 5.69 Å². The van der Waals surface area contributed by atoms with Gasteiger partial charge in [-0.1, -0.05) is 30.9 Å². The van der Waals surface area contributed by atoms with Crippen LogP contribution < -0.4 is 0 Å². The molecule has 0 N–H and O–H groups in total. The Labute approximate surface area is 124 Å². The van der Waals surface area contributed by atoms with Crippen LogP contribution in [0.25, 0.3) is 5.69 Å². The van der Waals surface area contributed by atoms with Crippen LogP contribution in [0, 0.1) is 0 Å². The number of esters is 1. The van der Waals surface area contributed by atoms with Crippen LogP contribution in [0.2, 0.25) is 0 Å². The third-order valence-electron chi connectivity index (χ3n) is 2.96. The van der Waals surface area contributed by atoms with Crippen LogP contribution in [0.4, 0.5) is 0 Å². The number of rotatable bonds is 6. The Kier molecular flexibility index (Phi) is 4.72. The van der Waals surface area contributed by atoms with Gasteiger partial charge < -0.3 is 4.74 Å². The number of hydrogen-bond acceptors (Lipinski definition) is 3. The highest BCUT2D eigenvalue weighted by Gasteiger charge is 2.13. The van der Waals surface area contributed by atoms with Gasteiger partial charge in [0.15, 0.2) is 5.82 Å². The molecule has 4 nitrogen and oxygen atoms in total. The second-order valence-corrected chi connectivity index (χ2v) is 4.69. The number of ether oxygens (including phenoxy) is 1. The standard InChI is InChI=1S/C17H18N2O2/c1-4-8-15-11-18-16(12-21-17(20)13(2)3)19(15)14-9-6-5-7-10-14/h4-7,9-11H,1-2,8,12H2,3H3. The molecule has 4 heteroatoms. The minimum Gasteiger partial charge on any atom is -0.454 e. The SMILES string of the molecule is C=CCc1cnc(COC(=O)C(=C)C)n1-c1ccccc1. The van der Waals surface area contributed by atoms with Gasteiger partial charge in [-0.3, -0.25) is 4.57 Å². The molecule has 21 heavy (non-hydrogen) atoms. The molecule has 0 radical (unpaired) electrons. The van der Waals surface area contributed by atoms with E-state index in [4.69, 9.17) is 4.74 Å². The molecule has 0 aliphatic carbocycles.